The van der Waals surface area contributed by atoms with Gasteiger partial charge in [-0.05, 0) is 25.7 Å². The lowest BCUT2D eigenvalue weighted by molar-refractivity contribution is 0.0275. The van der Waals surface area contributed by atoms with Gasteiger partial charge in [-0.1, -0.05) is 45.4 Å². The third-order valence-corrected chi connectivity index (χ3v) is 7.06. The molecule has 6 heteroatoms. The summed E-state index contributed by atoms with van der Waals surface area (Å²) >= 11 is 0. The van der Waals surface area contributed by atoms with E-state index in [1.807, 2.05) is 6.92 Å². The number of rotatable bonds is 5. The van der Waals surface area contributed by atoms with Crippen molar-refractivity contribution in [2.24, 2.45) is 0 Å². The summed E-state index contributed by atoms with van der Waals surface area (Å²) in [5, 5.41) is 16.5. The van der Waals surface area contributed by atoms with Crippen LogP contribution in [-0.2, 0) is 10.8 Å². The average Bonchev–Trinajstić information content (AvgIpc) is 2.78. The number of amides is 2. The first-order valence-corrected chi connectivity index (χ1v) is 10.6. The average molecular weight is 345 g/mol. The van der Waals surface area contributed by atoms with Gasteiger partial charge in [0.1, 0.15) is 0 Å². The second-order valence-corrected chi connectivity index (χ2v) is 9.01. The molecule has 0 unspecified atom stereocenters. The largest absolute Gasteiger partial charge is 0.388 e. The monoisotopic (exact) mass is 344 g/mol. The van der Waals surface area contributed by atoms with Gasteiger partial charge in [-0.2, -0.15) is 0 Å². The Labute approximate surface area is 142 Å². The zero-order valence-electron chi connectivity index (χ0n) is 14.3. The van der Waals surface area contributed by atoms with Gasteiger partial charge in [0, 0.05) is 29.1 Å². The molecule has 3 atom stereocenters. The quantitative estimate of drug-likeness (QED) is 0.670. The maximum absolute atomic E-state index is 12.2. The molecule has 3 N–H and O–H groups in total. The van der Waals surface area contributed by atoms with Crippen molar-refractivity contribution in [3.05, 3.63) is 0 Å². The molecule has 23 heavy (non-hydrogen) atoms. The zero-order chi connectivity index (χ0) is 16.7. The number of urea groups is 1. The third-order valence-electron chi connectivity index (χ3n) is 5.25. The first-order valence-electron chi connectivity index (χ1n) is 9.18. The predicted octanol–water partition coefficient (Wildman–Crippen LogP) is 2.45. The van der Waals surface area contributed by atoms with Crippen LogP contribution in [0.5, 0.6) is 0 Å². The lowest BCUT2D eigenvalue weighted by atomic mass is 9.94. The molecule has 2 fully saturated rings. The summed E-state index contributed by atoms with van der Waals surface area (Å²) in [5.74, 6) is 0.643. The van der Waals surface area contributed by atoms with Crippen LogP contribution >= 0.6 is 0 Å². The van der Waals surface area contributed by atoms with E-state index in [-0.39, 0.29) is 17.3 Å². The van der Waals surface area contributed by atoms with Gasteiger partial charge in [0.25, 0.3) is 0 Å². The summed E-state index contributed by atoms with van der Waals surface area (Å²) in [6.07, 6.45) is 9.91. The minimum Gasteiger partial charge on any atom is -0.388 e. The molecule has 0 saturated heterocycles. The Hall–Kier alpha value is -0.620. The maximum Gasteiger partial charge on any atom is 0.315 e. The number of carbonyl (C=O) groups is 1. The van der Waals surface area contributed by atoms with Crippen LogP contribution in [0.3, 0.4) is 0 Å². The highest BCUT2D eigenvalue weighted by molar-refractivity contribution is 7.85. The molecule has 0 aromatic carbocycles. The van der Waals surface area contributed by atoms with E-state index in [9.17, 15) is 14.1 Å². The zero-order valence-corrected chi connectivity index (χ0v) is 15.1. The fourth-order valence-corrected chi connectivity index (χ4v) is 5.25. The van der Waals surface area contributed by atoms with E-state index in [0.29, 0.717) is 12.3 Å². The highest BCUT2D eigenvalue weighted by Gasteiger charge is 2.32. The Balaban J connectivity index is 1.82. The molecule has 0 heterocycles. The topological polar surface area (TPSA) is 78.4 Å². The Morgan fingerprint density at radius 1 is 1.13 bits per heavy atom. The van der Waals surface area contributed by atoms with Gasteiger partial charge in [0.2, 0.25) is 0 Å². The van der Waals surface area contributed by atoms with Crippen molar-refractivity contribution in [1.82, 2.24) is 10.6 Å². The van der Waals surface area contributed by atoms with E-state index in [2.05, 4.69) is 10.6 Å². The minimum atomic E-state index is -0.871. The van der Waals surface area contributed by atoms with Crippen LogP contribution in [0.1, 0.15) is 71.1 Å². The molecular weight excluding hydrogens is 312 g/mol. The number of hydrogen-bond donors (Lipinski definition) is 3. The van der Waals surface area contributed by atoms with Crippen molar-refractivity contribution >= 4 is 16.8 Å². The van der Waals surface area contributed by atoms with E-state index in [1.54, 1.807) is 0 Å². The van der Waals surface area contributed by atoms with E-state index < -0.39 is 16.4 Å². The Kier molecular flexibility index (Phi) is 7.34. The van der Waals surface area contributed by atoms with Gasteiger partial charge >= 0.3 is 6.03 Å². The van der Waals surface area contributed by atoms with Crippen molar-refractivity contribution in [1.29, 1.82) is 0 Å². The van der Waals surface area contributed by atoms with Crippen molar-refractivity contribution in [2.75, 3.05) is 12.3 Å². The standard InChI is InChI=1S/C17H32N2O3S/c1-2-23(22)15-10-6-5-9-14(15)19-16(20)18-13-17(21)11-7-3-4-8-12-17/h14-15,21H,2-13H2,1H3,(H2,18,19,20)/t14-,15-,23+/m0/s1. The van der Waals surface area contributed by atoms with Crippen LogP contribution in [0.15, 0.2) is 0 Å². The second kappa shape index (κ2) is 9.02. The SMILES string of the molecule is CC[S@@](=O)[C@H]1CCCC[C@@H]1NC(=O)NCC1(O)CCCCCC1. The summed E-state index contributed by atoms with van der Waals surface area (Å²) in [4.78, 5) is 12.2. The molecule has 0 aromatic heterocycles. The highest BCUT2D eigenvalue weighted by atomic mass is 32.2. The minimum absolute atomic E-state index is 0.00619. The van der Waals surface area contributed by atoms with Gasteiger partial charge in [0.15, 0.2) is 0 Å². The van der Waals surface area contributed by atoms with Crippen molar-refractivity contribution in [3.8, 4) is 0 Å². The molecule has 0 spiro atoms. The molecule has 2 rings (SSSR count). The van der Waals surface area contributed by atoms with Crippen molar-refractivity contribution in [2.45, 2.75) is 88.0 Å². The van der Waals surface area contributed by atoms with Crippen LogP contribution in [0, 0.1) is 0 Å². The molecule has 0 radical (unpaired) electrons. The summed E-state index contributed by atoms with van der Waals surface area (Å²) in [6, 6.07) is -0.235. The Bertz CT molecular complexity index is 409. The summed E-state index contributed by atoms with van der Waals surface area (Å²) in [7, 11) is -0.871. The summed E-state index contributed by atoms with van der Waals surface area (Å²) in [5.41, 5.74) is -0.758. The lowest BCUT2D eigenvalue weighted by Gasteiger charge is -2.32. The van der Waals surface area contributed by atoms with Crippen LogP contribution in [0.2, 0.25) is 0 Å². The van der Waals surface area contributed by atoms with Crippen molar-refractivity contribution in [3.63, 3.8) is 0 Å². The first kappa shape index (κ1) is 18.7. The molecule has 2 aliphatic rings. The molecule has 2 saturated carbocycles. The molecule has 0 aliphatic heterocycles. The first-order chi connectivity index (χ1) is 11.0. The molecule has 134 valence electrons. The summed E-state index contributed by atoms with van der Waals surface area (Å²) in [6.45, 7) is 2.25. The number of hydrogen-bond acceptors (Lipinski definition) is 3. The maximum atomic E-state index is 12.2. The Morgan fingerprint density at radius 2 is 1.78 bits per heavy atom. The van der Waals surface area contributed by atoms with Crippen LogP contribution in [-0.4, -0.2) is 44.5 Å². The highest BCUT2D eigenvalue weighted by Crippen LogP contribution is 2.26. The van der Waals surface area contributed by atoms with E-state index >= 15 is 0 Å². The smallest absolute Gasteiger partial charge is 0.315 e. The van der Waals surface area contributed by atoms with Crippen LogP contribution in [0.25, 0.3) is 0 Å². The van der Waals surface area contributed by atoms with Gasteiger partial charge < -0.3 is 15.7 Å². The molecule has 2 aliphatic carbocycles. The van der Waals surface area contributed by atoms with E-state index in [4.69, 9.17) is 0 Å². The molecule has 0 aromatic rings. The predicted molar refractivity (Wildman–Crippen MR) is 93.9 cm³/mol. The molecular formula is C17H32N2O3S. The number of nitrogens with one attached hydrogen (secondary N) is 2. The summed E-state index contributed by atoms with van der Waals surface area (Å²) < 4.78 is 12.2. The lowest BCUT2D eigenvalue weighted by Crippen LogP contribution is -2.53. The Morgan fingerprint density at radius 3 is 2.43 bits per heavy atom. The fourth-order valence-electron chi connectivity index (χ4n) is 3.82. The third kappa shape index (κ3) is 5.75. The molecule has 2 amide bonds. The number of aliphatic hydroxyl groups is 1. The van der Waals surface area contributed by atoms with Crippen LogP contribution in [0.4, 0.5) is 4.79 Å². The molecule has 5 nitrogen and oxygen atoms in total. The van der Waals surface area contributed by atoms with Crippen LogP contribution < -0.4 is 10.6 Å². The second-order valence-electron chi connectivity index (χ2n) is 7.06. The fraction of sp³-hybridized carbons (Fsp3) is 0.941. The normalized spacial score (nSPS) is 29.3. The van der Waals surface area contributed by atoms with Gasteiger partial charge in [-0.3, -0.25) is 4.21 Å². The molecule has 0 bridgehead atoms. The number of carbonyl (C=O) groups excluding carboxylic acids is 1. The van der Waals surface area contributed by atoms with Gasteiger partial charge in [-0.15, -0.1) is 0 Å². The van der Waals surface area contributed by atoms with Gasteiger partial charge in [-0.25, -0.2) is 4.79 Å². The van der Waals surface area contributed by atoms with Gasteiger partial charge in [0.05, 0.1) is 10.9 Å². The van der Waals surface area contributed by atoms with Crippen molar-refractivity contribution < 1.29 is 14.1 Å². The van der Waals surface area contributed by atoms with E-state index in [0.717, 1.165) is 51.4 Å². The van der Waals surface area contributed by atoms with E-state index in [1.165, 1.54) is 12.8 Å².